The third-order valence-corrected chi connectivity index (χ3v) is 3.44. The van der Waals surface area contributed by atoms with Gasteiger partial charge in [-0.15, -0.1) is 0 Å². The summed E-state index contributed by atoms with van der Waals surface area (Å²) in [6.07, 6.45) is 2.80. The highest BCUT2D eigenvalue weighted by molar-refractivity contribution is 9.10. The van der Waals surface area contributed by atoms with Crippen LogP contribution in [0.4, 0.5) is 11.8 Å². The van der Waals surface area contributed by atoms with E-state index in [1.165, 1.54) is 11.1 Å². The van der Waals surface area contributed by atoms with E-state index in [4.69, 9.17) is 0 Å². The Balaban J connectivity index is 2.05. The lowest BCUT2D eigenvalue weighted by Crippen LogP contribution is -2.05. The van der Waals surface area contributed by atoms with Gasteiger partial charge in [-0.25, -0.2) is 4.98 Å². The lowest BCUT2D eigenvalue weighted by atomic mass is 10.1. The Kier molecular flexibility index (Phi) is 4.74. The van der Waals surface area contributed by atoms with Gasteiger partial charge in [-0.1, -0.05) is 31.2 Å². The number of aromatic nitrogens is 2. The van der Waals surface area contributed by atoms with Crippen LogP contribution in [0.2, 0.25) is 0 Å². The molecule has 0 radical (unpaired) electrons. The quantitative estimate of drug-likeness (QED) is 0.885. The maximum atomic E-state index is 4.36. The second-order valence-corrected chi connectivity index (χ2v) is 5.02. The van der Waals surface area contributed by atoms with E-state index in [0.29, 0.717) is 5.95 Å². The first-order chi connectivity index (χ1) is 9.22. The molecule has 1 heterocycles. The summed E-state index contributed by atoms with van der Waals surface area (Å²) in [4.78, 5) is 8.49. The van der Waals surface area contributed by atoms with Crippen molar-refractivity contribution in [3.63, 3.8) is 0 Å². The molecule has 1 aromatic heterocycles. The number of hydrogen-bond acceptors (Lipinski definition) is 4. The molecule has 4 nitrogen and oxygen atoms in total. The number of halogens is 1. The summed E-state index contributed by atoms with van der Waals surface area (Å²) in [5.74, 6) is 1.39. The molecule has 0 aliphatic rings. The van der Waals surface area contributed by atoms with E-state index < -0.39 is 0 Å². The Labute approximate surface area is 121 Å². The van der Waals surface area contributed by atoms with Gasteiger partial charge < -0.3 is 10.6 Å². The molecule has 2 N–H and O–H groups in total. The molecule has 100 valence electrons. The van der Waals surface area contributed by atoms with Crippen molar-refractivity contribution in [3.05, 3.63) is 46.1 Å². The van der Waals surface area contributed by atoms with Gasteiger partial charge >= 0.3 is 0 Å². The normalized spacial score (nSPS) is 10.3. The Bertz CT molecular complexity index is 540. The van der Waals surface area contributed by atoms with Crippen LogP contribution >= 0.6 is 15.9 Å². The smallest absolute Gasteiger partial charge is 0.224 e. The van der Waals surface area contributed by atoms with Crippen LogP contribution < -0.4 is 10.6 Å². The van der Waals surface area contributed by atoms with Gasteiger partial charge in [0.25, 0.3) is 0 Å². The van der Waals surface area contributed by atoms with Crippen LogP contribution in [0.15, 0.2) is 34.9 Å². The molecular formula is C14H17BrN4. The average molecular weight is 321 g/mol. The SMILES string of the molecule is CCc1ccc(CNc2nc(NC)ncc2Br)cc1. The standard InChI is InChI=1S/C14H17BrN4/c1-3-10-4-6-11(7-5-10)8-17-13-12(15)9-18-14(16-2)19-13/h4-7,9H,3,8H2,1-2H3,(H2,16,17,18,19). The summed E-state index contributed by atoms with van der Waals surface area (Å²) in [7, 11) is 1.80. The second kappa shape index (κ2) is 6.52. The maximum Gasteiger partial charge on any atom is 0.224 e. The average Bonchev–Trinajstić information content (AvgIpc) is 2.47. The van der Waals surface area contributed by atoms with Gasteiger partial charge in [0.05, 0.1) is 4.47 Å². The van der Waals surface area contributed by atoms with E-state index >= 15 is 0 Å². The zero-order valence-corrected chi connectivity index (χ0v) is 12.7. The number of nitrogens with one attached hydrogen (secondary N) is 2. The van der Waals surface area contributed by atoms with E-state index in [1.54, 1.807) is 13.2 Å². The van der Waals surface area contributed by atoms with Crippen LogP contribution in [0.3, 0.4) is 0 Å². The van der Waals surface area contributed by atoms with Gasteiger partial charge in [0, 0.05) is 19.8 Å². The number of nitrogens with zero attached hydrogens (tertiary/aromatic N) is 2. The molecule has 0 unspecified atom stereocenters. The first-order valence-corrected chi connectivity index (χ1v) is 7.04. The summed E-state index contributed by atoms with van der Waals surface area (Å²) < 4.78 is 0.858. The Hall–Kier alpha value is -1.62. The molecule has 19 heavy (non-hydrogen) atoms. The van der Waals surface area contributed by atoms with Crippen molar-refractivity contribution >= 4 is 27.7 Å². The minimum atomic E-state index is 0.604. The fourth-order valence-corrected chi connectivity index (χ4v) is 2.02. The van der Waals surface area contributed by atoms with Crippen molar-refractivity contribution in [1.82, 2.24) is 9.97 Å². The van der Waals surface area contributed by atoms with Crippen molar-refractivity contribution in [1.29, 1.82) is 0 Å². The fraction of sp³-hybridized carbons (Fsp3) is 0.286. The van der Waals surface area contributed by atoms with Gasteiger partial charge in [-0.2, -0.15) is 4.98 Å². The molecule has 0 bridgehead atoms. The van der Waals surface area contributed by atoms with Crippen molar-refractivity contribution in [2.45, 2.75) is 19.9 Å². The van der Waals surface area contributed by atoms with E-state index in [0.717, 1.165) is 23.3 Å². The molecule has 5 heteroatoms. The molecule has 0 aliphatic carbocycles. The molecule has 2 aromatic rings. The van der Waals surface area contributed by atoms with Crippen LogP contribution in [0.5, 0.6) is 0 Å². The van der Waals surface area contributed by atoms with Gasteiger partial charge in [0.1, 0.15) is 5.82 Å². The molecule has 0 saturated carbocycles. The summed E-state index contributed by atoms with van der Waals surface area (Å²) in [5.41, 5.74) is 2.58. The van der Waals surface area contributed by atoms with Crippen LogP contribution in [0.1, 0.15) is 18.1 Å². The minimum absolute atomic E-state index is 0.604. The van der Waals surface area contributed by atoms with Gasteiger partial charge in [0.15, 0.2) is 0 Å². The van der Waals surface area contributed by atoms with Crippen LogP contribution in [0, 0.1) is 0 Å². The monoisotopic (exact) mass is 320 g/mol. The molecule has 0 fully saturated rings. The van der Waals surface area contributed by atoms with Gasteiger partial charge in [-0.05, 0) is 33.5 Å². The molecule has 0 saturated heterocycles. The lowest BCUT2D eigenvalue weighted by Gasteiger charge is -2.09. The first kappa shape index (κ1) is 13.8. The molecule has 0 atom stereocenters. The number of anilines is 2. The largest absolute Gasteiger partial charge is 0.365 e. The van der Waals surface area contributed by atoms with Crippen molar-refractivity contribution in [2.24, 2.45) is 0 Å². The number of hydrogen-bond donors (Lipinski definition) is 2. The highest BCUT2D eigenvalue weighted by Crippen LogP contribution is 2.20. The van der Waals surface area contributed by atoms with Crippen LogP contribution in [-0.4, -0.2) is 17.0 Å². The highest BCUT2D eigenvalue weighted by atomic mass is 79.9. The van der Waals surface area contributed by atoms with E-state index in [1.807, 2.05) is 0 Å². The van der Waals surface area contributed by atoms with E-state index in [2.05, 4.69) is 67.7 Å². The summed E-state index contributed by atoms with van der Waals surface area (Å²) in [5, 5.41) is 6.23. The van der Waals surface area contributed by atoms with Crippen molar-refractivity contribution in [2.75, 3.05) is 17.7 Å². The number of benzene rings is 1. The molecule has 0 amide bonds. The van der Waals surface area contributed by atoms with Gasteiger partial charge in [0.2, 0.25) is 5.95 Å². The highest BCUT2D eigenvalue weighted by Gasteiger charge is 2.03. The summed E-state index contributed by atoms with van der Waals surface area (Å²) in [6.45, 7) is 2.90. The number of aryl methyl sites for hydroxylation is 1. The van der Waals surface area contributed by atoms with E-state index in [9.17, 15) is 0 Å². The van der Waals surface area contributed by atoms with Crippen LogP contribution in [-0.2, 0) is 13.0 Å². The topological polar surface area (TPSA) is 49.8 Å². The minimum Gasteiger partial charge on any atom is -0.365 e. The van der Waals surface area contributed by atoms with Crippen LogP contribution in [0.25, 0.3) is 0 Å². The van der Waals surface area contributed by atoms with E-state index in [-0.39, 0.29) is 0 Å². The third-order valence-electron chi connectivity index (χ3n) is 2.86. The maximum absolute atomic E-state index is 4.36. The van der Waals surface area contributed by atoms with Crippen molar-refractivity contribution in [3.8, 4) is 0 Å². The Morgan fingerprint density at radius 2 is 1.84 bits per heavy atom. The molecule has 0 spiro atoms. The molecule has 1 aromatic carbocycles. The molecule has 0 aliphatic heterocycles. The number of rotatable bonds is 5. The van der Waals surface area contributed by atoms with Gasteiger partial charge in [-0.3, -0.25) is 0 Å². The summed E-state index contributed by atoms with van der Waals surface area (Å²) >= 11 is 3.44. The van der Waals surface area contributed by atoms with Crippen molar-refractivity contribution < 1.29 is 0 Å². The Morgan fingerprint density at radius 1 is 1.16 bits per heavy atom. The lowest BCUT2D eigenvalue weighted by molar-refractivity contribution is 1.06. The fourth-order valence-electron chi connectivity index (χ4n) is 1.69. The predicted molar refractivity (Wildman–Crippen MR) is 82.4 cm³/mol. The zero-order valence-electron chi connectivity index (χ0n) is 11.1. The molecule has 2 rings (SSSR count). The first-order valence-electron chi connectivity index (χ1n) is 6.25. The zero-order chi connectivity index (χ0) is 13.7. The third kappa shape index (κ3) is 3.67. The second-order valence-electron chi connectivity index (χ2n) is 4.16. The Morgan fingerprint density at radius 3 is 2.47 bits per heavy atom. The summed E-state index contributed by atoms with van der Waals surface area (Å²) in [6, 6.07) is 8.59. The predicted octanol–water partition coefficient (Wildman–Crippen LogP) is 3.46. The molecular weight excluding hydrogens is 304 g/mol.